The fraction of sp³-hybridized carbons (Fsp3) is 1.00. The van der Waals surface area contributed by atoms with Gasteiger partial charge in [-0.1, -0.05) is 20.8 Å². The summed E-state index contributed by atoms with van der Waals surface area (Å²) in [4.78, 5) is 0. The topological polar surface area (TPSA) is 30.5 Å². The molecule has 1 saturated heterocycles. The Kier molecular flexibility index (Phi) is 6.31. The molecule has 3 heteroatoms. The van der Waals surface area contributed by atoms with Gasteiger partial charge in [0.1, 0.15) is 0 Å². The molecule has 0 aromatic rings. The first-order valence-electron chi connectivity index (χ1n) is 8.55. The second-order valence-electron chi connectivity index (χ2n) is 7.27. The van der Waals surface area contributed by atoms with Crippen molar-refractivity contribution < 1.29 is 9.47 Å². The number of hydrogen-bond acceptors (Lipinski definition) is 3. The molecule has 1 N–H and O–H groups in total. The third-order valence-corrected chi connectivity index (χ3v) is 4.98. The van der Waals surface area contributed by atoms with Crippen molar-refractivity contribution >= 4 is 0 Å². The average molecular weight is 283 g/mol. The molecule has 2 aliphatic rings. The van der Waals surface area contributed by atoms with E-state index in [1.165, 1.54) is 38.5 Å². The van der Waals surface area contributed by atoms with Crippen LogP contribution in [-0.4, -0.2) is 38.0 Å². The van der Waals surface area contributed by atoms with E-state index in [9.17, 15) is 0 Å². The SMILES string of the molecule is CC1CCC(CNC(C)C)(OCC2CCOCC2)CC1. The van der Waals surface area contributed by atoms with E-state index in [0.717, 1.165) is 32.3 Å². The zero-order valence-electron chi connectivity index (χ0n) is 13.6. The summed E-state index contributed by atoms with van der Waals surface area (Å²) in [6, 6.07) is 0.540. The standard InChI is InChI=1S/C17H33NO2/c1-14(2)18-13-17(8-4-15(3)5-9-17)20-12-16-6-10-19-11-7-16/h14-16,18H,4-13H2,1-3H3. The van der Waals surface area contributed by atoms with Crippen molar-refractivity contribution in [2.45, 2.75) is 70.9 Å². The van der Waals surface area contributed by atoms with Crippen LogP contribution in [0.2, 0.25) is 0 Å². The third-order valence-electron chi connectivity index (χ3n) is 4.98. The molecule has 3 nitrogen and oxygen atoms in total. The van der Waals surface area contributed by atoms with Gasteiger partial charge in [-0.05, 0) is 50.4 Å². The van der Waals surface area contributed by atoms with E-state index >= 15 is 0 Å². The molecule has 1 aliphatic carbocycles. The smallest absolute Gasteiger partial charge is 0.0806 e. The molecule has 2 rings (SSSR count). The molecule has 0 amide bonds. The molecule has 20 heavy (non-hydrogen) atoms. The van der Waals surface area contributed by atoms with Gasteiger partial charge in [0.25, 0.3) is 0 Å². The van der Waals surface area contributed by atoms with Gasteiger partial charge in [0, 0.05) is 25.8 Å². The summed E-state index contributed by atoms with van der Waals surface area (Å²) < 4.78 is 11.9. The second kappa shape index (κ2) is 7.77. The van der Waals surface area contributed by atoms with E-state index in [0.29, 0.717) is 12.0 Å². The van der Waals surface area contributed by atoms with Crippen LogP contribution in [0.3, 0.4) is 0 Å². The monoisotopic (exact) mass is 283 g/mol. The van der Waals surface area contributed by atoms with E-state index in [2.05, 4.69) is 26.1 Å². The Morgan fingerprint density at radius 2 is 1.80 bits per heavy atom. The van der Waals surface area contributed by atoms with E-state index in [4.69, 9.17) is 9.47 Å². The summed E-state index contributed by atoms with van der Waals surface area (Å²) in [6.07, 6.45) is 7.41. The van der Waals surface area contributed by atoms with Gasteiger partial charge < -0.3 is 14.8 Å². The quantitative estimate of drug-likeness (QED) is 0.810. The molecule has 0 aromatic carbocycles. The van der Waals surface area contributed by atoms with Crippen LogP contribution in [-0.2, 0) is 9.47 Å². The molecule has 1 saturated carbocycles. The van der Waals surface area contributed by atoms with E-state index in [-0.39, 0.29) is 5.60 Å². The predicted octanol–water partition coefficient (Wildman–Crippen LogP) is 3.38. The Morgan fingerprint density at radius 1 is 1.15 bits per heavy atom. The fourth-order valence-electron chi connectivity index (χ4n) is 3.26. The van der Waals surface area contributed by atoms with Crippen molar-refractivity contribution in [2.75, 3.05) is 26.4 Å². The van der Waals surface area contributed by atoms with Gasteiger partial charge in [0.2, 0.25) is 0 Å². The Bertz CT molecular complexity index is 266. The Balaban J connectivity index is 1.84. The van der Waals surface area contributed by atoms with Gasteiger partial charge in [0.05, 0.1) is 12.2 Å². The van der Waals surface area contributed by atoms with Crippen LogP contribution >= 0.6 is 0 Å². The van der Waals surface area contributed by atoms with Crippen LogP contribution in [0, 0.1) is 11.8 Å². The van der Waals surface area contributed by atoms with Gasteiger partial charge in [-0.2, -0.15) is 0 Å². The van der Waals surface area contributed by atoms with E-state index in [1.807, 2.05) is 0 Å². The number of hydrogen-bond donors (Lipinski definition) is 1. The lowest BCUT2D eigenvalue weighted by molar-refractivity contribution is -0.0987. The molecule has 2 fully saturated rings. The molecule has 0 spiro atoms. The first-order valence-corrected chi connectivity index (χ1v) is 8.55. The van der Waals surface area contributed by atoms with Crippen LogP contribution in [0.4, 0.5) is 0 Å². The predicted molar refractivity (Wildman–Crippen MR) is 83.0 cm³/mol. The summed E-state index contributed by atoms with van der Waals surface area (Å²) >= 11 is 0. The zero-order valence-corrected chi connectivity index (χ0v) is 13.6. The zero-order chi connectivity index (χ0) is 14.4. The van der Waals surface area contributed by atoms with Crippen LogP contribution < -0.4 is 5.32 Å². The average Bonchev–Trinajstić information content (AvgIpc) is 2.47. The summed E-state index contributed by atoms with van der Waals surface area (Å²) in [6.45, 7) is 10.6. The van der Waals surface area contributed by atoms with Gasteiger partial charge in [-0.15, -0.1) is 0 Å². The van der Waals surface area contributed by atoms with Crippen molar-refractivity contribution in [2.24, 2.45) is 11.8 Å². The lowest BCUT2D eigenvalue weighted by Crippen LogP contribution is -2.48. The van der Waals surface area contributed by atoms with Crippen LogP contribution in [0.25, 0.3) is 0 Å². The lowest BCUT2D eigenvalue weighted by Gasteiger charge is -2.41. The molecule has 0 bridgehead atoms. The molecule has 0 radical (unpaired) electrons. The van der Waals surface area contributed by atoms with Crippen molar-refractivity contribution in [1.29, 1.82) is 0 Å². The first-order chi connectivity index (χ1) is 9.60. The minimum Gasteiger partial charge on any atom is -0.381 e. The van der Waals surface area contributed by atoms with Crippen LogP contribution in [0.5, 0.6) is 0 Å². The van der Waals surface area contributed by atoms with Gasteiger partial charge >= 0.3 is 0 Å². The largest absolute Gasteiger partial charge is 0.381 e. The number of rotatable bonds is 6. The molecule has 0 atom stereocenters. The minimum absolute atomic E-state index is 0.0923. The van der Waals surface area contributed by atoms with Crippen molar-refractivity contribution in [3.63, 3.8) is 0 Å². The maximum absolute atomic E-state index is 6.49. The lowest BCUT2D eigenvalue weighted by atomic mass is 9.79. The normalized spacial score (nSPS) is 32.7. The number of nitrogens with one attached hydrogen (secondary N) is 1. The minimum atomic E-state index is 0.0923. The summed E-state index contributed by atoms with van der Waals surface area (Å²) in [5, 5.41) is 3.61. The molecular weight excluding hydrogens is 250 g/mol. The van der Waals surface area contributed by atoms with Crippen LogP contribution in [0.1, 0.15) is 59.3 Å². The molecule has 1 aliphatic heterocycles. The maximum Gasteiger partial charge on any atom is 0.0806 e. The molecule has 118 valence electrons. The summed E-state index contributed by atoms with van der Waals surface area (Å²) in [5.41, 5.74) is 0.0923. The summed E-state index contributed by atoms with van der Waals surface area (Å²) in [7, 11) is 0. The van der Waals surface area contributed by atoms with Crippen molar-refractivity contribution in [3.05, 3.63) is 0 Å². The highest BCUT2D eigenvalue weighted by Gasteiger charge is 2.35. The molecule has 0 unspecified atom stereocenters. The van der Waals surface area contributed by atoms with E-state index in [1.54, 1.807) is 0 Å². The highest BCUT2D eigenvalue weighted by atomic mass is 16.5. The second-order valence-corrected chi connectivity index (χ2v) is 7.27. The third kappa shape index (κ3) is 5.01. The van der Waals surface area contributed by atoms with E-state index < -0.39 is 0 Å². The number of ether oxygens (including phenoxy) is 2. The van der Waals surface area contributed by atoms with Crippen molar-refractivity contribution in [1.82, 2.24) is 5.32 Å². The highest BCUT2D eigenvalue weighted by molar-refractivity contribution is 4.89. The molecule has 0 aromatic heterocycles. The van der Waals surface area contributed by atoms with Gasteiger partial charge in [0.15, 0.2) is 0 Å². The highest BCUT2D eigenvalue weighted by Crippen LogP contribution is 2.35. The van der Waals surface area contributed by atoms with Crippen molar-refractivity contribution in [3.8, 4) is 0 Å². The Hall–Kier alpha value is -0.120. The maximum atomic E-state index is 6.49. The Morgan fingerprint density at radius 3 is 2.40 bits per heavy atom. The van der Waals surface area contributed by atoms with Gasteiger partial charge in [-0.3, -0.25) is 0 Å². The van der Waals surface area contributed by atoms with Gasteiger partial charge in [-0.25, -0.2) is 0 Å². The van der Waals surface area contributed by atoms with Crippen LogP contribution in [0.15, 0.2) is 0 Å². The fourth-order valence-corrected chi connectivity index (χ4v) is 3.26. The Labute approximate surface area is 124 Å². The molecular formula is C17H33NO2. The molecule has 1 heterocycles. The summed E-state index contributed by atoms with van der Waals surface area (Å²) in [5.74, 6) is 1.58. The first kappa shape index (κ1) is 16.3.